The predicted molar refractivity (Wildman–Crippen MR) is 127 cm³/mol. The molecule has 3 N–H and O–H groups in total. The Morgan fingerprint density at radius 3 is 1.65 bits per heavy atom. The molecule has 6 nitrogen and oxygen atoms in total. The third-order valence-electron chi connectivity index (χ3n) is 5.85. The zero-order valence-corrected chi connectivity index (χ0v) is 20.5. The maximum atomic E-state index is 12.4. The van der Waals surface area contributed by atoms with E-state index >= 15 is 0 Å². The first-order valence-electron chi connectivity index (χ1n) is 12.5. The van der Waals surface area contributed by atoms with Gasteiger partial charge in [-0.25, -0.2) is 0 Å². The van der Waals surface area contributed by atoms with Gasteiger partial charge in [-0.3, -0.25) is 14.4 Å². The van der Waals surface area contributed by atoms with Gasteiger partial charge in [0.25, 0.3) is 0 Å². The molecule has 0 radical (unpaired) electrons. The maximum absolute atomic E-state index is 12.4. The highest BCUT2D eigenvalue weighted by molar-refractivity contribution is 5.92. The summed E-state index contributed by atoms with van der Waals surface area (Å²) in [7, 11) is 1.52. The lowest BCUT2D eigenvalue weighted by molar-refractivity contribution is -0.133. The van der Waals surface area contributed by atoms with E-state index in [9.17, 15) is 19.5 Å². The van der Waals surface area contributed by atoms with E-state index in [0.29, 0.717) is 6.42 Å². The van der Waals surface area contributed by atoms with Crippen molar-refractivity contribution in [2.45, 2.75) is 129 Å². The molecule has 6 heteroatoms. The number of hydrogen-bond acceptors (Lipinski definition) is 4. The van der Waals surface area contributed by atoms with Crippen LogP contribution in [0, 0.1) is 5.92 Å². The average Bonchev–Trinajstić information content (AvgIpc) is 2.74. The Morgan fingerprint density at radius 1 is 0.774 bits per heavy atom. The zero-order valence-electron chi connectivity index (χ0n) is 20.5. The number of nitrogens with one attached hydrogen (secondary N) is 2. The number of rotatable bonds is 20. The van der Waals surface area contributed by atoms with E-state index < -0.39 is 18.1 Å². The first-order chi connectivity index (χ1) is 14.8. The van der Waals surface area contributed by atoms with Crippen molar-refractivity contribution in [2.24, 2.45) is 5.92 Å². The molecule has 0 aromatic carbocycles. The molecule has 0 spiro atoms. The summed E-state index contributed by atoms with van der Waals surface area (Å²) in [5.74, 6) is -1.24. The lowest BCUT2D eigenvalue weighted by atomic mass is 9.96. The van der Waals surface area contributed by atoms with Crippen molar-refractivity contribution in [1.29, 1.82) is 0 Å². The van der Waals surface area contributed by atoms with Crippen LogP contribution < -0.4 is 10.6 Å². The molecule has 182 valence electrons. The van der Waals surface area contributed by atoms with Gasteiger partial charge in [0.05, 0.1) is 6.10 Å². The van der Waals surface area contributed by atoms with Gasteiger partial charge in [-0.2, -0.15) is 0 Å². The third-order valence-corrected chi connectivity index (χ3v) is 5.85. The number of carbonyl (C=O) groups excluding carboxylic acids is 3. The smallest absolute Gasteiger partial charge is 0.223 e. The van der Waals surface area contributed by atoms with Crippen molar-refractivity contribution in [3.63, 3.8) is 0 Å². The lowest BCUT2D eigenvalue weighted by Gasteiger charge is -2.21. The Bertz CT molecular complexity index is 494. The normalized spacial score (nSPS) is 14.0. The first-order valence-corrected chi connectivity index (χ1v) is 12.5. The summed E-state index contributed by atoms with van der Waals surface area (Å²) < 4.78 is 0. The molecule has 3 atom stereocenters. The van der Waals surface area contributed by atoms with Gasteiger partial charge >= 0.3 is 0 Å². The van der Waals surface area contributed by atoms with Crippen LogP contribution in [0.4, 0.5) is 0 Å². The van der Waals surface area contributed by atoms with Gasteiger partial charge in [-0.05, 0) is 13.3 Å². The van der Waals surface area contributed by atoms with Gasteiger partial charge < -0.3 is 15.7 Å². The van der Waals surface area contributed by atoms with Crippen LogP contribution in [0.5, 0.6) is 0 Å². The van der Waals surface area contributed by atoms with Crippen LogP contribution in [0.3, 0.4) is 0 Å². The van der Waals surface area contributed by atoms with E-state index in [-0.39, 0.29) is 24.0 Å². The van der Waals surface area contributed by atoms with Gasteiger partial charge in [0.1, 0.15) is 6.04 Å². The number of aliphatic hydroxyl groups is 1. The minimum atomic E-state index is -0.986. The Morgan fingerprint density at radius 2 is 1.23 bits per heavy atom. The highest BCUT2D eigenvalue weighted by atomic mass is 16.3. The molecule has 0 aliphatic heterocycles. The molecule has 0 aromatic heterocycles. The van der Waals surface area contributed by atoms with Crippen molar-refractivity contribution in [3.8, 4) is 0 Å². The number of unbranched alkanes of at least 4 members (excludes halogenated alkanes) is 12. The van der Waals surface area contributed by atoms with E-state index in [0.717, 1.165) is 19.3 Å². The van der Waals surface area contributed by atoms with Crippen LogP contribution in [-0.2, 0) is 14.4 Å². The van der Waals surface area contributed by atoms with E-state index in [1.165, 1.54) is 78.2 Å². The Labute approximate surface area is 190 Å². The largest absolute Gasteiger partial charge is 0.391 e. The predicted octanol–water partition coefficient (Wildman–Crippen LogP) is 4.67. The fourth-order valence-corrected chi connectivity index (χ4v) is 3.79. The number of Topliss-reactive ketones (excluding diaryl/α,β-unsaturated/α-hetero) is 1. The maximum Gasteiger partial charge on any atom is 0.223 e. The van der Waals surface area contributed by atoms with Crippen LogP contribution in [0.2, 0.25) is 0 Å². The molecule has 0 aliphatic rings. The van der Waals surface area contributed by atoms with Crippen LogP contribution in [0.25, 0.3) is 0 Å². The molecule has 0 saturated carbocycles. The molecule has 0 aromatic rings. The van der Waals surface area contributed by atoms with E-state index in [4.69, 9.17) is 0 Å². The highest BCUT2D eigenvalue weighted by Gasteiger charge is 2.28. The quantitative estimate of drug-likeness (QED) is 0.240. The molecule has 0 saturated heterocycles. The monoisotopic (exact) mass is 440 g/mol. The van der Waals surface area contributed by atoms with Gasteiger partial charge in [0.15, 0.2) is 5.78 Å². The summed E-state index contributed by atoms with van der Waals surface area (Å²) >= 11 is 0. The van der Waals surface area contributed by atoms with Crippen molar-refractivity contribution in [2.75, 3.05) is 7.05 Å². The van der Waals surface area contributed by atoms with Crippen molar-refractivity contribution in [1.82, 2.24) is 10.6 Å². The summed E-state index contributed by atoms with van der Waals surface area (Å²) in [5.41, 5.74) is 0. The molecular weight excluding hydrogens is 392 g/mol. The SMILES string of the molecule is CCCCCCCCCCCCCCCC(=O)N[C@H](C(=O)C[C@@H](C)C(=O)NC)[C@@H](C)O. The van der Waals surface area contributed by atoms with Crippen LogP contribution in [-0.4, -0.2) is 41.9 Å². The minimum Gasteiger partial charge on any atom is -0.391 e. The van der Waals surface area contributed by atoms with Crippen LogP contribution in [0.15, 0.2) is 0 Å². The fourth-order valence-electron chi connectivity index (χ4n) is 3.79. The second kappa shape index (κ2) is 19.3. The molecule has 0 fully saturated rings. The third kappa shape index (κ3) is 15.9. The lowest BCUT2D eigenvalue weighted by Crippen LogP contribution is -2.48. The number of amides is 2. The van der Waals surface area contributed by atoms with E-state index in [1.54, 1.807) is 6.92 Å². The molecule has 0 aliphatic carbocycles. The van der Waals surface area contributed by atoms with Gasteiger partial charge in [0.2, 0.25) is 11.8 Å². The van der Waals surface area contributed by atoms with E-state index in [2.05, 4.69) is 17.6 Å². The second-order valence-corrected chi connectivity index (χ2v) is 8.96. The van der Waals surface area contributed by atoms with Gasteiger partial charge in [0, 0.05) is 25.8 Å². The topological polar surface area (TPSA) is 95.5 Å². The Hall–Kier alpha value is -1.43. The Kier molecular flexibility index (Phi) is 18.4. The molecule has 0 bridgehead atoms. The fraction of sp³-hybridized carbons (Fsp3) is 0.880. The minimum absolute atomic E-state index is 0.00569. The van der Waals surface area contributed by atoms with Crippen LogP contribution >= 0.6 is 0 Å². The van der Waals surface area contributed by atoms with E-state index in [1.807, 2.05) is 0 Å². The Balaban J connectivity index is 3.86. The average molecular weight is 441 g/mol. The summed E-state index contributed by atoms with van der Waals surface area (Å²) in [4.78, 5) is 36.2. The first kappa shape index (κ1) is 29.6. The zero-order chi connectivity index (χ0) is 23.5. The number of hydrogen-bond donors (Lipinski definition) is 3. The summed E-state index contributed by atoms with van der Waals surface area (Å²) in [6.07, 6.45) is 15.6. The van der Waals surface area contributed by atoms with Crippen molar-refractivity contribution >= 4 is 17.6 Å². The summed E-state index contributed by atoms with van der Waals surface area (Å²) in [6, 6.07) is -0.957. The highest BCUT2D eigenvalue weighted by Crippen LogP contribution is 2.13. The van der Waals surface area contributed by atoms with Gasteiger partial charge in [-0.1, -0.05) is 90.9 Å². The van der Waals surface area contributed by atoms with Crippen LogP contribution in [0.1, 0.15) is 117 Å². The van der Waals surface area contributed by atoms with Crippen molar-refractivity contribution in [3.05, 3.63) is 0 Å². The number of aliphatic hydroxyl groups excluding tert-OH is 1. The standard InChI is InChI=1S/C25H48N2O4/c1-5-6-7-8-9-10-11-12-13-14-15-16-17-18-23(30)27-24(21(3)28)22(29)19-20(2)25(31)26-4/h20-21,24,28H,5-19H2,1-4H3,(H,26,31)(H,27,30)/t20-,21-,24+/m1/s1. The summed E-state index contributed by atoms with van der Waals surface area (Å²) in [6.45, 7) is 5.39. The summed E-state index contributed by atoms with van der Waals surface area (Å²) in [5, 5.41) is 15.0. The molecule has 31 heavy (non-hydrogen) atoms. The number of ketones is 1. The number of carbonyl (C=O) groups is 3. The molecule has 0 rings (SSSR count). The molecule has 0 heterocycles. The van der Waals surface area contributed by atoms with Crippen molar-refractivity contribution < 1.29 is 19.5 Å². The second-order valence-electron chi connectivity index (χ2n) is 8.96. The van der Waals surface area contributed by atoms with Gasteiger partial charge in [-0.15, -0.1) is 0 Å². The molecular formula is C25H48N2O4. The molecule has 0 unspecified atom stereocenters. The molecule has 2 amide bonds.